The number of aromatic nitrogens is 3. The van der Waals surface area contributed by atoms with Gasteiger partial charge < -0.3 is 10.6 Å². The van der Waals surface area contributed by atoms with Gasteiger partial charge in [0.25, 0.3) is 5.91 Å². The number of hydrogen-bond acceptors (Lipinski definition) is 4. The fourth-order valence-corrected chi connectivity index (χ4v) is 2.31. The zero-order valence-corrected chi connectivity index (χ0v) is 14.2. The molecule has 1 heterocycles. The van der Waals surface area contributed by atoms with Crippen LogP contribution in [-0.4, -0.2) is 21.3 Å². The number of aryl methyl sites for hydroxylation is 1. The highest BCUT2D eigenvalue weighted by Gasteiger charge is 2.17. The van der Waals surface area contributed by atoms with Crippen molar-refractivity contribution in [1.29, 1.82) is 0 Å². The van der Waals surface area contributed by atoms with Gasteiger partial charge in [-0.15, -0.1) is 10.2 Å². The molecule has 24 heavy (non-hydrogen) atoms. The van der Waals surface area contributed by atoms with Gasteiger partial charge in [0.05, 0.1) is 0 Å². The fourth-order valence-electron chi connectivity index (χ4n) is 2.06. The Morgan fingerprint density at radius 2 is 1.83 bits per heavy atom. The highest BCUT2D eigenvalue weighted by molar-refractivity contribution is 9.10. The number of hydrogen-bond donors (Lipinski definition) is 3. The van der Waals surface area contributed by atoms with E-state index in [4.69, 9.17) is 0 Å². The Morgan fingerprint density at radius 3 is 2.54 bits per heavy atom. The molecule has 0 atom stereocenters. The summed E-state index contributed by atoms with van der Waals surface area (Å²) in [6.45, 7) is 1.93. The lowest BCUT2D eigenvalue weighted by Gasteiger charge is -2.07. The molecule has 3 N–H and O–H groups in total. The lowest BCUT2D eigenvalue weighted by molar-refractivity contribution is 0.102. The number of H-pyrrole nitrogens is 1. The van der Waals surface area contributed by atoms with Crippen LogP contribution >= 0.6 is 15.9 Å². The van der Waals surface area contributed by atoms with Crippen LogP contribution in [0.4, 0.5) is 21.6 Å². The highest BCUT2D eigenvalue weighted by Crippen LogP contribution is 2.22. The lowest BCUT2D eigenvalue weighted by atomic mass is 10.2. The Bertz CT molecular complexity index is 878. The van der Waals surface area contributed by atoms with E-state index in [1.54, 1.807) is 18.2 Å². The van der Waals surface area contributed by atoms with E-state index in [9.17, 15) is 9.18 Å². The third-order valence-electron chi connectivity index (χ3n) is 3.29. The number of amides is 1. The second kappa shape index (κ2) is 6.79. The predicted octanol–water partition coefficient (Wildman–Crippen LogP) is 4.01. The number of carbonyl (C=O) groups excluding carboxylic acids is 1. The summed E-state index contributed by atoms with van der Waals surface area (Å²) in [5, 5.41) is 15.9. The molecule has 3 aromatic rings. The second-order valence-corrected chi connectivity index (χ2v) is 5.93. The molecular formula is C16H13BrFN5O. The fraction of sp³-hybridized carbons (Fsp3) is 0.0625. The van der Waals surface area contributed by atoms with Gasteiger partial charge >= 0.3 is 0 Å². The Labute approximate surface area is 145 Å². The van der Waals surface area contributed by atoms with Gasteiger partial charge in [-0.2, -0.15) is 5.21 Å². The third kappa shape index (κ3) is 3.60. The maximum absolute atomic E-state index is 12.9. The van der Waals surface area contributed by atoms with Crippen molar-refractivity contribution in [2.24, 2.45) is 0 Å². The molecule has 0 spiro atoms. The summed E-state index contributed by atoms with van der Waals surface area (Å²) < 4.78 is 13.9. The maximum atomic E-state index is 12.9. The SMILES string of the molecule is Cc1cc(NC(=O)c2n[nH]nc2Nc2ccc(F)cc2)ccc1Br. The van der Waals surface area contributed by atoms with Crippen LogP contribution in [0.1, 0.15) is 16.1 Å². The molecule has 3 rings (SSSR count). The number of anilines is 3. The molecule has 1 amide bonds. The molecule has 2 aromatic carbocycles. The minimum atomic E-state index is -0.407. The van der Waals surface area contributed by atoms with Crippen LogP contribution in [0.2, 0.25) is 0 Å². The molecule has 0 aliphatic heterocycles. The summed E-state index contributed by atoms with van der Waals surface area (Å²) in [6, 6.07) is 11.2. The van der Waals surface area contributed by atoms with Gasteiger partial charge in [-0.1, -0.05) is 15.9 Å². The van der Waals surface area contributed by atoms with E-state index in [0.29, 0.717) is 11.4 Å². The van der Waals surface area contributed by atoms with Crippen molar-refractivity contribution in [2.45, 2.75) is 6.92 Å². The zero-order chi connectivity index (χ0) is 17.1. The second-order valence-electron chi connectivity index (χ2n) is 5.07. The number of halogens is 2. The Balaban J connectivity index is 1.77. The summed E-state index contributed by atoms with van der Waals surface area (Å²) in [4.78, 5) is 12.4. The molecule has 0 fully saturated rings. The van der Waals surface area contributed by atoms with E-state index in [-0.39, 0.29) is 17.3 Å². The van der Waals surface area contributed by atoms with Crippen molar-refractivity contribution >= 4 is 39.0 Å². The third-order valence-corrected chi connectivity index (χ3v) is 4.18. The zero-order valence-electron chi connectivity index (χ0n) is 12.6. The molecule has 0 aliphatic rings. The predicted molar refractivity (Wildman–Crippen MR) is 92.9 cm³/mol. The highest BCUT2D eigenvalue weighted by atomic mass is 79.9. The van der Waals surface area contributed by atoms with Crippen LogP contribution in [0.25, 0.3) is 0 Å². The van der Waals surface area contributed by atoms with Gasteiger partial charge in [0.1, 0.15) is 5.82 Å². The van der Waals surface area contributed by atoms with Gasteiger partial charge in [0.2, 0.25) is 0 Å². The number of benzene rings is 2. The average molecular weight is 390 g/mol. The molecule has 0 unspecified atom stereocenters. The molecule has 0 aliphatic carbocycles. The van der Waals surface area contributed by atoms with Crippen LogP contribution in [0.5, 0.6) is 0 Å². The molecule has 122 valence electrons. The van der Waals surface area contributed by atoms with Crippen LogP contribution in [-0.2, 0) is 0 Å². The minimum absolute atomic E-state index is 0.111. The quantitative estimate of drug-likeness (QED) is 0.629. The van der Waals surface area contributed by atoms with Crippen LogP contribution < -0.4 is 10.6 Å². The molecule has 1 aromatic heterocycles. The van der Waals surface area contributed by atoms with E-state index in [0.717, 1.165) is 10.0 Å². The van der Waals surface area contributed by atoms with Crippen molar-refractivity contribution in [3.8, 4) is 0 Å². The molecule has 8 heteroatoms. The van der Waals surface area contributed by atoms with Gasteiger partial charge in [0, 0.05) is 15.8 Å². The van der Waals surface area contributed by atoms with Crippen LogP contribution in [0, 0.1) is 12.7 Å². The first-order valence-electron chi connectivity index (χ1n) is 7.04. The lowest BCUT2D eigenvalue weighted by Crippen LogP contribution is -2.14. The van der Waals surface area contributed by atoms with E-state index < -0.39 is 5.91 Å². The Morgan fingerprint density at radius 1 is 1.12 bits per heavy atom. The number of nitrogens with one attached hydrogen (secondary N) is 3. The smallest absolute Gasteiger partial charge is 0.280 e. The standard InChI is InChI=1S/C16H13BrFN5O/c1-9-8-12(6-7-13(9)17)20-16(24)14-15(22-23-21-14)19-11-4-2-10(18)3-5-11/h2-8H,1H3,(H,20,24)(H2,19,21,22,23). The Hall–Kier alpha value is -2.74. The van der Waals surface area contributed by atoms with E-state index in [2.05, 4.69) is 42.0 Å². The molecular weight excluding hydrogens is 377 g/mol. The Kier molecular flexibility index (Phi) is 4.57. The monoisotopic (exact) mass is 389 g/mol. The first-order chi connectivity index (χ1) is 11.5. The minimum Gasteiger partial charge on any atom is -0.337 e. The number of carbonyl (C=O) groups is 1. The largest absolute Gasteiger partial charge is 0.337 e. The molecule has 6 nitrogen and oxygen atoms in total. The molecule has 0 saturated carbocycles. The van der Waals surface area contributed by atoms with Gasteiger partial charge in [0.15, 0.2) is 11.5 Å². The molecule has 0 bridgehead atoms. The van der Waals surface area contributed by atoms with E-state index in [1.807, 2.05) is 19.1 Å². The van der Waals surface area contributed by atoms with Gasteiger partial charge in [-0.05, 0) is 55.0 Å². The first-order valence-corrected chi connectivity index (χ1v) is 7.83. The van der Waals surface area contributed by atoms with Crippen molar-refractivity contribution in [3.63, 3.8) is 0 Å². The maximum Gasteiger partial charge on any atom is 0.280 e. The summed E-state index contributed by atoms with van der Waals surface area (Å²) in [6.07, 6.45) is 0. The van der Waals surface area contributed by atoms with Gasteiger partial charge in [-0.3, -0.25) is 4.79 Å². The number of rotatable bonds is 4. The van der Waals surface area contributed by atoms with Crippen molar-refractivity contribution in [1.82, 2.24) is 15.4 Å². The summed E-state index contributed by atoms with van der Waals surface area (Å²) in [5.74, 6) is -0.493. The van der Waals surface area contributed by atoms with Gasteiger partial charge in [-0.25, -0.2) is 4.39 Å². The van der Waals surface area contributed by atoms with Crippen molar-refractivity contribution in [3.05, 3.63) is 64.0 Å². The van der Waals surface area contributed by atoms with E-state index in [1.165, 1.54) is 12.1 Å². The summed E-state index contributed by atoms with van der Waals surface area (Å²) in [7, 11) is 0. The van der Waals surface area contributed by atoms with Crippen LogP contribution in [0.3, 0.4) is 0 Å². The number of aromatic amines is 1. The van der Waals surface area contributed by atoms with Crippen molar-refractivity contribution < 1.29 is 9.18 Å². The topological polar surface area (TPSA) is 82.7 Å². The average Bonchev–Trinajstić information content (AvgIpc) is 3.01. The molecule has 0 saturated heterocycles. The summed E-state index contributed by atoms with van der Waals surface area (Å²) in [5.41, 5.74) is 2.35. The summed E-state index contributed by atoms with van der Waals surface area (Å²) >= 11 is 3.41. The first kappa shape index (κ1) is 16.1. The normalized spacial score (nSPS) is 10.5. The molecule has 0 radical (unpaired) electrons. The van der Waals surface area contributed by atoms with E-state index >= 15 is 0 Å². The number of nitrogens with zero attached hydrogens (tertiary/aromatic N) is 2. The van der Waals surface area contributed by atoms with Crippen LogP contribution in [0.15, 0.2) is 46.9 Å². The van der Waals surface area contributed by atoms with Crippen molar-refractivity contribution in [2.75, 3.05) is 10.6 Å².